The second kappa shape index (κ2) is 4.22. The number of nitrogens with one attached hydrogen (secondary N) is 1. The maximum absolute atomic E-state index is 11.9. The number of hydrogen-bond donors (Lipinski definition) is 1. The van der Waals surface area contributed by atoms with Gasteiger partial charge >= 0.3 is 0 Å². The van der Waals surface area contributed by atoms with Gasteiger partial charge < -0.3 is 5.32 Å². The van der Waals surface area contributed by atoms with Gasteiger partial charge in [0.2, 0.25) is 5.91 Å². The lowest BCUT2D eigenvalue weighted by atomic mass is 9.85. The second-order valence-electron chi connectivity index (χ2n) is 5.30. The van der Waals surface area contributed by atoms with Gasteiger partial charge in [0, 0.05) is 17.8 Å². The highest BCUT2D eigenvalue weighted by Gasteiger charge is 2.48. The first-order valence-corrected chi connectivity index (χ1v) is 7.60. The summed E-state index contributed by atoms with van der Waals surface area (Å²) in [6.07, 6.45) is 6.15. The molecular weight excluding hydrogens is 220 g/mol. The molecule has 0 aliphatic carbocycles. The number of carbonyl (C=O) groups excluding carboxylic acids is 1. The Balaban J connectivity index is 1.85. The van der Waals surface area contributed by atoms with Crippen molar-refractivity contribution in [2.24, 2.45) is 0 Å². The molecule has 1 N–H and O–H groups in total. The van der Waals surface area contributed by atoms with Crippen LogP contribution in [0.25, 0.3) is 0 Å². The van der Waals surface area contributed by atoms with Gasteiger partial charge in [0.25, 0.3) is 0 Å². The number of carbonyl (C=O) groups is 1. The molecule has 3 heterocycles. The van der Waals surface area contributed by atoms with Crippen LogP contribution in [0.3, 0.4) is 0 Å². The number of rotatable bonds is 0. The Kier molecular flexibility index (Phi) is 2.88. The third kappa shape index (κ3) is 1.66. The van der Waals surface area contributed by atoms with Crippen molar-refractivity contribution in [3.63, 3.8) is 0 Å². The van der Waals surface area contributed by atoms with E-state index >= 15 is 0 Å². The molecule has 1 spiro atoms. The minimum absolute atomic E-state index is 0.182. The van der Waals surface area contributed by atoms with Gasteiger partial charge in [0.15, 0.2) is 0 Å². The minimum Gasteiger partial charge on any atom is -0.353 e. The summed E-state index contributed by atoms with van der Waals surface area (Å²) >= 11 is 2.06. The fourth-order valence-corrected chi connectivity index (χ4v) is 4.73. The lowest BCUT2D eigenvalue weighted by Gasteiger charge is -2.54. The number of amides is 1. The van der Waals surface area contributed by atoms with E-state index in [1.807, 2.05) is 0 Å². The zero-order valence-corrected chi connectivity index (χ0v) is 10.5. The Labute approximate surface area is 101 Å². The van der Waals surface area contributed by atoms with E-state index in [1.165, 1.54) is 37.2 Å². The molecule has 0 aromatic carbocycles. The third-order valence-corrected chi connectivity index (χ3v) is 5.63. The van der Waals surface area contributed by atoms with Crippen LogP contribution in [0.2, 0.25) is 0 Å². The molecule has 0 aromatic rings. The molecule has 3 aliphatic rings. The van der Waals surface area contributed by atoms with Crippen molar-refractivity contribution >= 4 is 17.7 Å². The Morgan fingerprint density at radius 1 is 1.38 bits per heavy atom. The minimum atomic E-state index is 0.182. The topological polar surface area (TPSA) is 32.3 Å². The average Bonchev–Trinajstić information content (AvgIpc) is 2.36. The van der Waals surface area contributed by atoms with Crippen molar-refractivity contribution in [2.75, 3.05) is 24.6 Å². The molecule has 3 rings (SSSR count). The average molecular weight is 240 g/mol. The molecule has 16 heavy (non-hydrogen) atoms. The smallest absolute Gasteiger partial charge is 0.237 e. The highest BCUT2D eigenvalue weighted by Crippen LogP contribution is 2.37. The standard InChI is InChI=1S/C12H20N2OS/c15-11-10-4-1-2-6-14(10)12(8-13-11)5-3-7-16-9-12/h10H,1-9H2,(H,13,15). The van der Waals surface area contributed by atoms with Crippen LogP contribution in [0.5, 0.6) is 0 Å². The normalized spacial score (nSPS) is 40.5. The summed E-state index contributed by atoms with van der Waals surface area (Å²) in [5, 5.41) is 3.15. The van der Waals surface area contributed by atoms with Crippen LogP contribution in [0.4, 0.5) is 0 Å². The van der Waals surface area contributed by atoms with Gasteiger partial charge in [-0.05, 0) is 38.0 Å². The molecule has 3 saturated heterocycles. The fourth-order valence-electron chi connectivity index (χ4n) is 3.45. The third-order valence-electron chi connectivity index (χ3n) is 4.31. The summed E-state index contributed by atoms with van der Waals surface area (Å²) in [5.74, 6) is 2.79. The van der Waals surface area contributed by atoms with E-state index in [1.54, 1.807) is 0 Å². The van der Waals surface area contributed by atoms with Gasteiger partial charge in [0.1, 0.15) is 0 Å². The number of hydrogen-bond acceptors (Lipinski definition) is 3. The Hall–Kier alpha value is -0.220. The van der Waals surface area contributed by atoms with Crippen LogP contribution in [0, 0.1) is 0 Å². The maximum atomic E-state index is 11.9. The van der Waals surface area contributed by atoms with E-state index in [0.717, 1.165) is 19.5 Å². The van der Waals surface area contributed by atoms with Crippen LogP contribution >= 0.6 is 11.8 Å². The van der Waals surface area contributed by atoms with Crippen LogP contribution in [-0.2, 0) is 4.79 Å². The molecule has 3 nitrogen and oxygen atoms in total. The van der Waals surface area contributed by atoms with E-state index < -0.39 is 0 Å². The summed E-state index contributed by atoms with van der Waals surface area (Å²) in [6, 6.07) is 0.182. The maximum Gasteiger partial charge on any atom is 0.237 e. The van der Waals surface area contributed by atoms with Gasteiger partial charge in [0.05, 0.1) is 6.04 Å². The highest BCUT2D eigenvalue weighted by atomic mass is 32.2. The molecule has 0 saturated carbocycles. The number of piperidine rings is 1. The summed E-state index contributed by atoms with van der Waals surface area (Å²) < 4.78 is 0. The van der Waals surface area contributed by atoms with E-state index in [2.05, 4.69) is 22.0 Å². The van der Waals surface area contributed by atoms with Gasteiger partial charge in [-0.25, -0.2) is 0 Å². The summed E-state index contributed by atoms with van der Waals surface area (Å²) in [6.45, 7) is 2.02. The molecule has 1 amide bonds. The largest absolute Gasteiger partial charge is 0.353 e. The first-order valence-electron chi connectivity index (χ1n) is 6.44. The molecule has 90 valence electrons. The van der Waals surface area contributed by atoms with Crippen LogP contribution in [-0.4, -0.2) is 47.0 Å². The molecule has 3 fully saturated rings. The number of fused-ring (bicyclic) bond motifs is 2. The molecule has 2 unspecified atom stereocenters. The van der Waals surface area contributed by atoms with E-state index in [4.69, 9.17) is 0 Å². The van der Waals surface area contributed by atoms with Gasteiger partial charge in [-0.2, -0.15) is 11.8 Å². The number of piperazine rings is 1. The van der Waals surface area contributed by atoms with Crippen molar-refractivity contribution in [3.8, 4) is 0 Å². The Bertz CT molecular complexity index is 289. The SMILES string of the molecule is O=C1NCC2(CCCSC2)N2CCCCC12. The monoisotopic (exact) mass is 240 g/mol. The van der Waals surface area contributed by atoms with Gasteiger partial charge in [-0.15, -0.1) is 0 Å². The van der Waals surface area contributed by atoms with Gasteiger partial charge in [-0.1, -0.05) is 6.42 Å². The molecule has 0 radical (unpaired) electrons. The fraction of sp³-hybridized carbons (Fsp3) is 0.917. The Morgan fingerprint density at radius 3 is 3.12 bits per heavy atom. The van der Waals surface area contributed by atoms with Gasteiger partial charge in [-0.3, -0.25) is 9.69 Å². The number of thioether (sulfide) groups is 1. The lowest BCUT2D eigenvalue weighted by molar-refractivity contribution is -0.137. The van der Waals surface area contributed by atoms with E-state index in [-0.39, 0.29) is 11.9 Å². The summed E-state index contributed by atoms with van der Waals surface area (Å²) in [5.41, 5.74) is 0.294. The zero-order valence-electron chi connectivity index (χ0n) is 9.71. The molecular formula is C12H20N2OS. The van der Waals surface area contributed by atoms with E-state index in [9.17, 15) is 4.79 Å². The molecule has 3 aliphatic heterocycles. The Morgan fingerprint density at radius 2 is 2.31 bits per heavy atom. The predicted molar refractivity (Wildman–Crippen MR) is 66.6 cm³/mol. The van der Waals surface area contributed by atoms with Crippen molar-refractivity contribution in [3.05, 3.63) is 0 Å². The van der Waals surface area contributed by atoms with Crippen LogP contribution in [0.1, 0.15) is 32.1 Å². The molecule has 4 heteroatoms. The van der Waals surface area contributed by atoms with Crippen LogP contribution < -0.4 is 5.32 Å². The van der Waals surface area contributed by atoms with Crippen LogP contribution in [0.15, 0.2) is 0 Å². The molecule has 0 aromatic heterocycles. The zero-order chi connectivity index (χ0) is 11.0. The molecule has 0 bridgehead atoms. The van der Waals surface area contributed by atoms with Crippen molar-refractivity contribution in [1.82, 2.24) is 10.2 Å². The quantitative estimate of drug-likeness (QED) is 0.691. The first kappa shape index (κ1) is 10.9. The summed E-state index contributed by atoms with van der Waals surface area (Å²) in [7, 11) is 0. The predicted octanol–water partition coefficient (Wildman–Crippen LogP) is 1.24. The highest BCUT2D eigenvalue weighted by molar-refractivity contribution is 7.99. The van der Waals surface area contributed by atoms with Crippen molar-refractivity contribution < 1.29 is 4.79 Å². The first-order chi connectivity index (χ1) is 7.82. The number of nitrogens with zero attached hydrogens (tertiary/aromatic N) is 1. The molecule has 2 atom stereocenters. The van der Waals surface area contributed by atoms with Crippen molar-refractivity contribution in [1.29, 1.82) is 0 Å². The van der Waals surface area contributed by atoms with E-state index in [0.29, 0.717) is 5.54 Å². The summed E-state index contributed by atoms with van der Waals surface area (Å²) in [4.78, 5) is 14.4. The van der Waals surface area contributed by atoms with Crippen molar-refractivity contribution in [2.45, 2.75) is 43.7 Å². The second-order valence-corrected chi connectivity index (χ2v) is 6.41. The lowest BCUT2D eigenvalue weighted by Crippen LogP contribution is -2.70.